The van der Waals surface area contributed by atoms with E-state index >= 15 is 0 Å². The molecule has 1 unspecified atom stereocenters. The molecule has 0 bridgehead atoms. The van der Waals surface area contributed by atoms with Crippen molar-refractivity contribution in [2.45, 2.75) is 18.8 Å². The van der Waals surface area contributed by atoms with E-state index in [4.69, 9.17) is 5.73 Å². The summed E-state index contributed by atoms with van der Waals surface area (Å²) in [4.78, 5) is 0. The van der Waals surface area contributed by atoms with E-state index in [1.165, 1.54) is 0 Å². The summed E-state index contributed by atoms with van der Waals surface area (Å²) in [5.74, 6) is -2.15. The van der Waals surface area contributed by atoms with Crippen LogP contribution >= 0.6 is 0 Å². The average Bonchev–Trinajstić information content (AvgIpc) is 1.99. The van der Waals surface area contributed by atoms with Crippen LogP contribution in [0.3, 0.4) is 0 Å². The van der Waals surface area contributed by atoms with E-state index in [9.17, 15) is 26.3 Å². The van der Waals surface area contributed by atoms with Crippen LogP contribution in [0.2, 0.25) is 0 Å². The summed E-state index contributed by atoms with van der Waals surface area (Å²) in [6, 6.07) is 0. The Balaban J connectivity index is 2.96. The van der Waals surface area contributed by atoms with Crippen LogP contribution in [-0.4, -0.2) is 12.4 Å². The standard InChI is InChI=1S/C8H7F6N/c9-7(10,11)4-1-5(8(12,13)14)3-6(15)2-4/h2-4H,1,15H2. The van der Waals surface area contributed by atoms with Crippen molar-refractivity contribution in [1.82, 2.24) is 0 Å². The molecule has 0 aromatic rings. The van der Waals surface area contributed by atoms with Gasteiger partial charge >= 0.3 is 12.4 Å². The van der Waals surface area contributed by atoms with Crippen LogP contribution in [0.25, 0.3) is 0 Å². The second kappa shape index (κ2) is 3.46. The van der Waals surface area contributed by atoms with Crippen LogP contribution in [0.15, 0.2) is 23.4 Å². The first-order chi connectivity index (χ1) is 6.60. The Kier molecular flexibility index (Phi) is 2.75. The number of halogens is 6. The fourth-order valence-corrected chi connectivity index (χ4v) is 1.24. The van der Waals surface area contributed by atoms with Crippen LogP contribution in [-0.2, 0) is 0 Å². The molecule has 0 aromatic carbocycles. The molecule has 1 rings (SSSR count). The van der Waals surface area contributed by atoms with Gasteiger partial charge in [0, 0.05) is 11.3 Å². The maximum absolute atomic E-state index is 12.2. The zero-order valence-electron chi connectivity index (χ0n) is 7.28. The van der Waals surface area contributed by atoms with Gasteiger partial charge in [-0.1, -0.05) is 0 Å². The first-order valence-electron chi connectivity index (χ1n) is 3.92. The predicted octanol–water partition coefficient (Wildman–Crippen LogP) is 2.90. The van der Waals surface area contributed by atoms with Crippen molar-refractivity contribution in [3.63, 3.8) is 0 Å². The third-order valence-electron chi connectivity index (χ3n) is 1.96. The second-order valence-corrected chi connectivity index (χ2v) is 3.19. The Labute approximate surface area is 81.2 Å². The molecule has 1 nitrogen and oxygen atoms in total. The largest absolute Gasteiger partial charge is 0.412 e. The second-order valence-electron chi connectivity index (χ2n) is 3.19. The normalized spacial score (nSPS) is 23.5. The Bertz CT molecular complexity index is 308. The van der Waals surface area contributed by atoms with E-state index in [-0.39, 0.29) is 0 Å². The Hall–Kier alpha value is -1.14. The molecule has 0 saturated heterocycles. The van der Waals surface area contributed by atoms with Gasteiger partial charge in [-0.05, 0) is 18.6 Å². The van der Waals surface area contributed by atoms with Crippen molar-refractivity contribution in [1.29, 1.82) is 0 Å². The zero-order chi connectivity index (χ0) is 11.9. The van der Waals surface area contributed by atoms with Crippen LogP contribution in [0.1, 0.15) is 6.42 Å². The maximum Gasteiger partial charge on any atom is 0.412 e. The summed E-state index contributed by atoms with van der Waals surface area (Å²) < 4.78 is 73.0. The number of nitrogens with two attached hydrogens (primary N) is 1. The van der Waals surface area contributed by atoms with E-state index in [1.54, 1.807) is 0 Å². The third kappa shape index (κ3) is 2.90. The molecule has 1 aliphatic rings. The van der Waals surface area contributed by atoms with Gasteiger partial charge in [0.15, 0.2) is 0 Å². The zero-order valence-corrected chi connectivity index (χ0v) is 7.28. The SMILES string of the molecule is NC1=CC(C(F)(F)F)CC(C(F)(F)F)=C1. The van der Waals surface area contributed by atoms with Gasteiger partial charge in [-0.15, -0.1) is 0 Å². The third-order valence-corrected chi connectivity index (χ3v) is 1.96. The van der Waals surface area contributed by atoms with Crippen molar-refractivity contribution < 1.29 is 26.3 Å². The topological polar surface area (TPSA) is 26.0 Å². The molecule has 0 aromatic heterocycles. The highest BCUT2D eigenvalue weighted by atomic mass is 19.4. The summed E-state index contributed by atoms with van der Waals surface area (Å²) in [5, 5.41) is 0. The number of hydrogen-bond donors (Lipinski definition) is 1. The first-order valence-corrected chi connectivity index (χ1v) is 3.92. The molecule has 0 spiro atoms. The molecule has 1 aliphatic carbocycles. The molecule has 0 aliphatic heterocycles. The van der Waals surface area contributed by atoms with Crippen molar-refractivity contribution in [2.75, 3.05) is 0 Å². The van der Waals surface area contributed by atoms with Crippen LogP contribution in [0.5, 0.6) is 0 Å². The fourth-order valence-electron chi connectivity index (χ4n) is 1.24. The number of alkyl halides is 6. The lowest BCUT2D eigenvalue weighted by Crippen LogP contribution is -2.28. The van der Waals surface area contributed by atoms with Crippen molar-refractivity contribution in [2.24, 2.45) is 11.7 Å². The summed E-state index contributed by atoms with van der Waals surface area (Å²) in [6.07, 6.45) is -9.44. The van der Waals surface area contributed by atoms with Gasteiger partial charge in [0.2, 0.25) is 0 Å². The van der Waals surface area contributed by atoms with E-state index in [0.29, 0.717) is 12.2 Å². The number of hydrogen-bond acceptors (Lipinski definition) is 1. The minimum Gasteiger partial charge on any atom is -0.399 e. The van der Waals surface area contributed by atoms with Crippen LogP contribution in [0, 0.1) is 5.92 Å². The number of rotatable bonds is 0. The average molecular weight is 231 g/mol. The van der Waals surface area contributed by atoms with E-state index in [0.717, 1.165) is 0 Å². The summed E-state index contributed by atoms with van der Waals surface area (Å²) in [7, 11) is 0. The van der Waals surface area contributed by atoms with E-state index < -0.39 is 36.0 Å². The highest BCUT2D eigenvalue weighted by Crippen LogP contribution is 2.40. The van der Waals surface area contributed by atoms with Crippen molar-refractivity contribution in [3.8, 4) is 0 Å². The van der Waals surface area contributed by atoms with Gasteiger partial charge < -0.3 is 5.73 Å². The summed E-state index contributed by atoms with van der Waals surface area (Å²) in [5.41, 5.74) is 3.24. The lowest BCUT2D eigenvalue weighted by atomic mass is 9.92. The summed E-state index contributed by atoms with van der Waals surface area (Å²) in [6.45, 7) is 0. The van der Waals surface area contributed by atoms with Crippen molar-refractivity contribution in [3.05, 3.63) is 23.4 Å². The highest BCUT2D eigenvalue weighted by Gasteiger charge is 2.45. The van der Waals surface area contributed by atoms with Crippen LogP contribution < -0.4 is 5.73 Å². The van der Waals surface area contributed by atoms with Gasteiger partial charge in [0.05, 0.1) is 5.92 Å². The molecule has 1 atom stereocenters. The minimum atomic E-state index is -4.76. The quantitative estimate of drug-likeness (QED) is 0.637. The molecule has 2 N–H and O–H groups in total. The molecule has 7 heteroatoms. The fraction of sp³-hybridized carbons (Fsp3) is 0.500. The predicted molar refractivity (Wildman–Crippen MR) is 40.6 cm³/mol. The number of allylic oxidation sites excluding steroid dienone is 3. The van der Waals surface area contributed by atoms with Gasteiger partial charge in [0.25, 0.3) is 0 Å². The smallest absolute Gasteiger partial charge is 0.399 e. The van der Waals surface area contributed by atoms with Gasteiger partial charge in [-0.2, -0.15) is 26.3 Å². The molecule has 0 fully saturated rings. The first kappa shape index (κ1) is 11.9. The molecular formula is C8H7F6N. The maximum atomic E-state index is 12.2. The van der Waals surface area contributed by atoms with Crippen molar-refractivity contribution >= 4 is 0 Å². The van der Waals surface area contributed by atoms with Gasteiger partial charge in [-0.25, -0.2) is 0 Å². The molecule has 0 radical (unpaired) electrons. The Morgan fingerprint density at radius 2 is 1.67 bits per heavy atom. The molecule has 0 heterocycles. The monoisotopic (exact) mass is 231 g/mol. The van der Waals surface area contributed by atoms with Gasteiger partial charge in [0.1, 0.15) is 0 Å². The Morgan fingerprint density at radius 1 is 1.13 bits per heavy atom. The molecule has 0 saturated carbocycles. The Morgan fingerprint density at radius 3 is 2.07 bits per heavy atom. The van der Waals surface area contributed by atoms with Crippen LogP contribution in [0.4, 0.5) is 26.3 Å². The molecule has 0 amide bonds. The lowest BCUT2D eigenvalue weighted by Gasteiger charge is -2.23. The lowest BCUT2D eigenvalue weighted by molar-refractivity contribution is -0.166. The molecule has 86 valence electrons. The highest BCUT2D eigenvalue weighted by molar-refractivity contribution is 5.30. The minimum absolute atomic E-state index is 0.504. The van der Waals surface area contributed by atoms with E-state index in [1.807, 2.05) is 0 Å². The molecule has 15 heavy (non-hydrogen) atoms. The summed E-state index contributed by atoms with van der Waals surface area (Å²) >= 11 is 0. The van der Waals surface area contributed by atoms with E-state index in [2.05, 4.69) is 0 Å². The molecular weight excluding hydrogens is 224 g/mol. The van der Waals surface area contributed by atoms with Gasteiger partial charge in [-0.3, -0.25) is 0 Å².